The Bertz CT molecular complexity index is 527. The maximum atomic E-state index is 10.5. The summed E-state index contributed by atoms with van der Waals surface area (Å²) in [7, 11) is 0. The van der Waals surface area contributed by atoms with Crippen molar-refractivity contribution < 1.29 is 9.90 Å². The van der Waals surface area contributed by atoms with E-state index in [1.54, 1.807) is 12.4 Å². The van der Waals surface area contributed by atoms with Crippen LogP contribution in [0.15, 0.2) is 29.9 Å². The van der Waals surface area contributed by atoms with Crippen molar-refractivity contribution in [1.29, 1.82) is 0 Å². The highest BCUT2D eigenvalue weighted by atomic mass is 32.1. The number of aromatic nitrogens is 2. The Morgan fingerprint density at radius 1 is 1.56 bits per heavy atom. The smallest absolute Gasteiger partial charge is 0.304 e. The summed E-state index contributed by atoms with van der Waals surface area (Å²) in [6.07, 6.45) is 3.90. The molecule has 0 aromatic carbocycles. The summed E-state index contributed by atoms with van der Waals surface area (Å²) in [5.41, 5.74) is 7.53. The number of carbonyl (C=O) groups is 1. The predicted octanol–water partition coefficient (Wildman–Crippen LogP) is 1.55. The number of thiazole rings is 1. The molecule has 6 heteroatoms. The second-order valence-corrected chi connectivity index (χ2v) is 4.87. The number of carboxylic acids is 1. The molecule has 0 fully saturated rings. The molecule has 1 atom stereocenters. The largest absolute Gasteiger partial charge is 0.481 e. The molecule has 0 radical (unpaired) electrons. The van der Waals surface area contributed by atoms with Crippen LogP contribution in [0.1, 0.15) is 11.4 Å². The van der Waals surface area contributed by atoms with Gasteiger partial charge in [-0.3, -0.25) is 9.78 Å². The van der Waals surface area contributed by atoms with Gasteiger partial charge in [-0.15, -0.1) is 11.3 Å². The molecule has 1 unspecified atom stereocenters. The van der Waals surface area contributed by atoms with Gasteiger partial charge in [0.2, 0.25) is 0 Å². The summed E-state index contributed by atoms with van der Waals surface area (Å²) in [6.45, 7) is 0. The zero-order valence-corrected chi connectivity index (χ0v) is 10.4. The molecule has 94 valence electrons. The Kier molecular flexibility index (Phi) is 4.01. The van der Waals surface area contributed by atoms with Gasteiger partial charge in [-0.25, -0.2) is 4.98 Å². The highest BCUT2D eigenvalue weighted by molar-refractivity contribution is 7.09. The lowest BCUT2D eigenvalue weighted by atomic mass is 10.1. The highest BCUT2D eigenvalue weighted by Gasteiger charge is 2.12. The van der Waals surface area contributed by atoms with E-state index in [0.29, 0.717) is 6.42 Å². The molecule has 2 heterocycles. The van der Waals surface area contributed by atoms with E-state index in [1.165, 1.54) is 11.3 Å². The van der Waals surface area contributed by atoms with Crippen LogP contribution in [0.4, 0.5) is 0 Å². The summed E-state index contributed by atoms with van der Waals surface area (Å²) >= 11 is 1.49. The summed E-state index contributed by atoms with van der Waals surface area (Å²) in [5.74, 6) is -0.883. The fourth-order valence-corrected chi connectivity index (χ4v) is 2.47. The minimum Gasteiger partial charge on any atom is -0.481 e. The Morgan fingerprint density at radius 2 is 2.39 bits per heavy atom. The SMILES string of the molecule is NC(CC(=O)O)Cc1nc(-c2cccnc2)cs1. The van der Waals surface area contributed by atoms with E-state index < -0.39 is 12.0 Å². The third-order valence-corrected chi connectivity index (χ3v) is 3.25. The summed E-state index contributed by atoms with van der Waals surface area (Å²) in [6, 6.07) is 3.39. The molecule has 0 saturated heterocycles. The van der Waals surface area contributed by atoms with Crippen molar-refractivity contribution >= 4 is 17.3 Å². The van der Waals surface area contributed by atoms with Crippen LogP contribution in [-0.2, 0) is 11.2 Å². The van der Waals surface area contributed by atoms with Crippen LogP contribution in [0.2, 0.25) is 0 Å². The zero-order valence-electron chi connectivity index (χ0n) is 9.61. The molecule has 0 saturated carbocycles. The minimum absolute atomic E-state index is 0.0399. The van der Waals surface area contributed by atoms with Crippen LogP contribution in [0, 0.1) is 0 Å². The lowest BCUT2D eigenvalue weighted by Crippen LogP contribution is -2.26. The summed E-state index contributed by atoms with van der Waals surface area (Å²) in [5, 5.41) is 11.4. The Morgan fingerprint density at radius 3 is 3.06 bits per heavy atom. The van der Waals surface area contributed by atoms with Crippen molar-refractivity contribution in [3.8, 4) is 11.3 Å². The average Bonchev–Trinajstić information content (AvgIpc) is 2.77. The number of nitrogens with zero attached hydrogens (tertiary/aromatic N) is 2. The molecule has 5 nitrogen and oxygen atoms in total. The predicted molar refractivity (Wildman–Crippen MR) is 69.3 cm³/mol. The Hall–Kier alpha value is -1.79. The lowest BCUT2D eigenvalue weighted by Gasteiger charge is -2.05. The molecular formula is C12H13N3O2S. The van der Waals surface area contributed by atoms with Gasteiger partial charge in [0.05, 0.1) is 17.1 Å². The molecule has 2 aromatic heterocycles. The number of hydrogen-bond donors (Lipinski definition) is 2. The van der Waals surface area contributed by atoms with Gasteiger partial charge in [0.25, 0.3) is 0 Å². The van der Waals surface area contributed by atoms with Crippen LogP contribution in [0.5, 0.6) is 0 Å². The van der Waals surface area contributed by atoms with Crippen LogP contribution in [0.3, 0.4) is 0 Å². The molecule has 2 rings (SSSR count). The first-order valence-corrected chi connectivity index (χ1v) is 6.35. The van der Waals surface area contributed by atoms with Crippen molar-refractivity contribution in [2.45, 2.75) is 18.9 Å². The summed E-state index contributed by atoms with van der Waals surface area (Å²) in [4.78, 5) is 19.0. The number of carboxylic acid groups (broad SMARTS) is 1. The second kappa shape index (κ2) is 5.70. The fraction of sp³-hybridized carbons (Fsp3) is 0.250. The van der Waals surface area contributed by atoms with Crippen LogP contribution in [0.25, 0.3) is 11.3 Å². The van der Waals surface area contributed by atoms with Crippen molar-refractivity contribution in [1.82, 2.24) is 9.97 Å². The number of nitrogens with two attached hydrogens (primary N) is 1. The first kappa shape index (κ1) is 12.7. The number of hydrogen-bond acceptors (Lipinski definition) is 5. The van der Waals surface area contributed by atoms with E-state index >= 15 is 0 Å². The monoisotopic (exact) mass is 263 g/mol. The minimum atomic E-state index is -0.883. The number of aliphatic carboxylic acids is 1. The lowest BCUT2D eigenvalue weighted by molar-refractivity contribution is -0.137. The number of rotatable bonds is 5. The highest BCUT2D eigenvalue weighted by Crippen LogP contribution is 2.21. The molecule has 0 spiro atoms. The van der Waals surface area contributed by atoms with Crippen molar-refractivity contribution in [3.05, 3.63) is 34.9 Å². The molecule has 0 aliphatic heterocycles. The molecule has 0 amide bonds. The van der Waals surface area contributed by atoms with E-state index in [4.69, 9.17) is 10.8 Å². The molecule has 18 heavy (non-hydrogen) atoms. The van der Waals surface area contributed by atoms with Gasteiger partial charge < -0.3 is 10.8 Å². The van der Waals surface area contributed by atoms with E-state index in [0.717, 1.165) is 16.3 Å². The van der Waals surface area contributed by atoms with E-state index in [-0.39, 0.29) is 6.42 Å². The third kappa shape index (κ3) is 3.35. The first-order chi connectivity index (χ1) is 8.65. The molecule has 0 bridgehead atoms. The molecule has 2 aromatic rings. The molecular weight excluding hydrogens is 250 g/mol. The van der Waals surface area contributed by atoms with Crippen LogP contribution in [-0.4, -0.2) is 27.1 Å². The Labute approximate surface area is 108 Å². The standard InChI is InChI=1S/C12H13N3O2S/c13-9(5-12(16)17)4-11-15-10(7-18-11)8-2-1-3-14-6-8/h1-3,6-7,9H,4-5,13H2,(H,16,17). The van der Waals surface area contributed by atoms with Gasteiger partial charge in [0, 0.05) is 35.8 Å². The molecule has 3 N–H and O–H groups in total. The van der Waals surface area contributed by atoms with Gasteiger partial charge in [-0.1, -0.05) is 0 Å². The van der Waals surface area contributed by atoms with Gasteiger partial charge in [-0.2, -0.15) is 0 Å². The van der Waals surface area contributed by atoms with E-state index in [1.807, 2.05) is 17.5 Å². The normalized spacial score (nSPS) is 12.3. The Balaban J connectivity index is 2.05. The van der Waals surface area contributed by atoms with Crippen LogP contribution >= 0.6 is 11.3 Å². The van der Waals surface area contributed by atoms with Gasteiger partial charge in [-0.05, 0) is 12.1 Å². The van der Waals surface area contributed by atoms with Crippen molar-refractivity contribution in [2.75, 3.05) is 0 Å². The zero-order chi connectivity index (χ0) is 13.0. The van der Waals surface area contributed by atoms with Gasteiger partial charge in [0.1, 0.15) is 0 Å². The van der Waals surface area contributed by atoms with Crippen molar-refractivity contribution in [2.24, 2.45) is 5.73 Å². The fourth-order valence-electron chi connectivity index (χ4n) is 1.57. The maximum Gasteiger partial charge on any atom is 0.304 e. The number of pyridine rings is 1. The van der Waals surface area contributed by atoms with E-state index in [2.05, 4.69) is 9.97 Å². The van der Waals surface area contributed by atoms with Crippen LogP contribution < -0.4 is 5.73 Å². The molecule has 0 aliphatic carbocycles. The second-order valence-electron chi connectivity index (χ2n) is 3.93. The first-order valence-electron chi connectivity index (χ1n) is 5.47. The maximum absolute atomic E-state index is 10.5. The summed E-state index contributed by atoms with van der Waals surface area (Å²) < 4.78 is 0. The van der Waals surface area contributed by atoms with Crippen molar-refractivity contribution in [3.63, 3.8) is 0 Å². The third-order valence-electron chi connectivity index (χ3n) is 2.38. The van der Waals surface area contributed by atoms with E-state index in [9.17, 15) is 4.79 Å². The molecule has 0 aliphatic rings. The average molecular weight is 263 g/mol. The van der Waals surface area contributed by atoms with Gasteiger partial charge in [0.15, 0.2) is 0 Å². The quantitative estimate of drug-likeness (QED) is 0.854. The van der Waals surface area contributed by atoms with Gasteiger partial charge >= 0.3 is 5.97 Å². The topological polar surface area (TPSA) is 89.1 Å².